The van der Waals surface area contributed by atoms with Crippen LogP contribution in [0.3, 0.4) is 0 Å². The molecule has 0 atom stereocenters. The van der Waals surface area contributed by atoms with E-state index in [9.17, 15) is 16.8 Å². The zero-order valence-electron chi connectivity index (χ0n) is 6.73. The fourth-order valence-corrected chi connectivity index (χ4v) is 2.92. The number of rotatable bonds is 4. The van der Waals surface area contributed by atoms with Gasteiger partial charge in [0.25, 0.3) is 0 Å². The summed E-state index contributed by atoms with van der Waals surface area (Å²) in [6, 6.07) is 0. The average molecular weight is 220 g/mol. The summed E-state index contributed by atoms with van der Waals surface area (Å²) in [7, 11) is -8.06. The molecule has 0 aliphatic carbocycles. The largest absolute Gasteiger partial charge is 0.218 e. The molecule has 0 aromatic rings. The van der Waals surface area contributed by atoms with E-state index in [4.69, 9.17) is 0 Å². The monoisotopic (exact) mass is 220 g/mol. The van der Waals surface area contributed by atoms with E-state index in [1.165, 1.54) is 0 Å². The quantitative estimate of drug-likeness (QED) is 0.655. The van der Waals surface area contributed by atoms with Gasteiger partial charge in [0.1, 0.15) is 0 Å². The van der Waals surface area contributed by atoms with Gasteiger partial charge in [-0.2, -0.15) is 0 Å². The summed E-state index contributed by atoms with van der Waals surface area (Å²) in [5, 5.41) is 1.03. The van der Waals surface area contributed by atoms with Gasteiger partial charge in [-0.3, -0.25) is 0 Å². The van der Waals surface area contributed by atoms with Crippen molar-refractivity contribution in [2.45, 2.75) is 0 Å². The highest BCUT2D eigenvalue weighted by Crippen LogP contribution is 2.15. The molecule has 13 heavy (non-hydrogen) atoms. The van der Waals surface area contributed by atoms with Crippen molar-refractivity contribution < 1.29 is 16.8 Å². The lowest BCUT2D eigenvalue weighted by molar-refractivity contribution is 0.604. The second-order valence-electron chi connectivity index (χ2n) is 1.89. The predicted octanol–water partition coefficient (Wildman–Crippen LogP) is 0.729. The van der Waals surface area contributed by atoms with E-state index in [-0.39, 0.29) is 0 Å². The van der Waals surface area contributed by atoms with Crippen molar-refractivity contribution in [2.75, 3.05) is 0 Å². The minimum absolute atomic E-state index is 0.515. The van der Waals surface area contributed by atoms with E-state index in [0.29, 0.717) is 10.8 Å². The van der Waals surface area contributed by atoms with E-state index < -0.39 is 23.9 Å². The standard InChI is InChI=1S/C7H8O4S2/c1-4-7(12(8,9)5-2)13(10,11)6-3/h5-6H,1-3H2. The van der Waals surface area contributed by atoms with Crippen molar-refractivity contribution in [1.29, 1.82) is 0 Å². The molecule has 0 N–H and O–H groups in total. The van der Waals surface area contributed by atoms with Crippen molar-refractivity contribution >= 4 is 19.7 Å². The van der Waals surface area contributed by atoms with E-state index in [1.54, 1.807) is 0 Å². The molecule has 0 heterocycles. The molecule has 0 aromatic carbocycles. The molecular weight excluding hydrogens is 212 g/mol. The van der Waals surface area contributed by atoms with Crippen LogP contribution in [0, 0.1) is 0 Å². The molecule has 0 saturated heterocycles. The Hall–Kier alpha value is -1.10. The lowest BCUT2D eigenvalue weighted by Crippen LogP contribution is -2.08. The van der Waals surface area contributed by atoms with Crippen molar-refractivity contribution in [3.05, 3.63) is 40.5 Å². The first-order chi connectivity index (χ1) is 5.81. The van der Waals surface area contributed by atoms with Crippen LogP contribution >= 0.6 is 0 Å². The van der Waals surface area contributed by atoms with Crippen LogP contribution in [0.4, 0.5) is 0 Å². The maximum atomic E-state index is 11.1. The van der Waals surface area contributed by atoms with Crippen LogP contribution in [0.15, 0.2) is 40.5 Å². The Balaban J connectivity index is 5.91. The van der Waals surface area contributed by atoms with Gasteiger partial charge in [-0.1, -0.05) is 25.5 Å². The fourth-order valence-electron chi connectivity index (χ4n) is 0.514. The van der Waals surface area contributed by atoms with Gasteiger partial charge in [-0.25, -0.2) is 16.8 Å². The molecule has 0 spiro atoms. The third-order valence-electron chi connectivity index (χ3n) is 1.10. The number of hydrogen-bond acceptors (Lipinski definition) is 4. The van der Waals surface area contributed by atoms with Gasteiger partial charge in [0.2, 0.25) is 23.9 Å². The first-order valence-electron chi connectivity index (χ1n) is 2.97. The van der Waals surface area contributed by atoms with Crippen LogP contribution in [0.25, 0.3) is 0 Å². The summed E-state index contributed by atoms with van der Waals surface area (Å²) in [6.45, 7) is 8.92. The molecule has 0 saturated carbocycles. The zero-order chi connectivity index (χ0) is 10.7. The van der Waals surface area contributed by atoms with Crippen LogP contribution in [-0.4, -0.2) is 16.8 Å². The SMILES string of the molecule is C=C=C(S(=O)(=O)C=C)S(=O)(=O)C=C. The molecule has 0 aliphatic heterocycles. The first-order valence-corrected chi connectivity index (χ1v) is 6.06. The Morgan fingerprint density at radius 3 is 1.46 bits per heavy atom. The Labute approximate surface area is 77.4 Å². The summed E-state index contributed by atoms with van der Waals surface area (Å²) in [5.41, 5.74) is 1.83. The number of hydrogen-bond donors (Lipinski definition) is 0. The second-order valence-corrected chi connectivity index (χ2v) is 5.81. The van der Waals surface area contributed by atoms with Crippen LogP contribution < -0.4 is 0 Å². The van der Waals surface area contributed by atoms with E-state index in [1.807, 2.05) is 5.73 Å². The van der Waals surface area contributed by atoms with Crippen molar-refractivity contribution in [3.63, 3.8) is 0 Å². The Bertz CT molecular complexity index is 433. The molecule has 0 rings (SSSR count). The van der Waals surface area contributed by atoms with Gasteiger partial charge in [-0.15, -0.1) is 0 Å². The number of sulfone groups is 2. The highest BCUT2D eigenvalue weighted by atomic mass is 32.3. The Morgan fingerprint density at radius 2 is 1.31 bits per heavy atom. The molecule has 0 fully saturated rings. The highest BCUT2D eigenvalue weighted by Gasteiger charge is 2.24. The molecule has 0 bridgehead atoms. The summed E-state index contributed by atoms with van der Waals surface area (Å²) in [6.07, 6.45) is 0. The Morgan fingerprint density at radius 1 is 1.00 bits per heavy atom. The topological polar surface area (TPSA) is 68.3 Å². The smallest absolute Gasteiger partial charge is 0.217 e. The van der Waals surface area contributed by atoms with E-state index >= 15 is 0 Å². The Kier molecular flexibility index (Phi) is 3.42. The highest BCUT2D eigenvalue weighted by molar-refractivity contribution is 8.16. The molecular formula is C7H8O4S2. The fraction of sp³-hybridized carbons (Fsp3) is 0. The first kappa shape index (κ1) is 11.9. The third-order valence-corrected chi connectivity index (χ3v) is 4.69. The second kappa shape index (κ2) is 3.74. The minimum Gasteiger partial charge on any atom is -0.218 e. The summed E-state index contributed by atoms with van der Waals surface area (Å²) in [4.78, 5) is 0. The van der Waals surface area contributed by atoms with Gasteiger partial charge in [0.05, 0.1) is 0 Å². The molecule has 0 unspecified atom stereocenters. The van der Waals surface area contributed by atoms with Crippen molar-refractivity contribution in [1.82, 2.24) is 0 Å². The zero-order valence-corrected chi connectivity index (χ0v) is 8.36. The predicted molar refractivity (Wildman–Crippen MR) is 50.9 cm³/mol. The van der Waals surface area contributed by atoms with Gasteiger partial charge in [0, 0.05) is 10.8 Å². The minimum atomic E-state index is -4.03. The summed E-state index contributed by atoms with van der Waals surface area (Å²) < 4.78 is 43.3. The van der Waals surface area contributed by atoms with Crippen LogP contribution in [0.2, 0.25) is 0 Å². The van der Waals surface area contributed by atoms with Gasteiger partial charge in [0.15, 0.2) is 0 Å². The van der Waals surface area contributed by atoms with Gasteiger partial charge >= 0.3 is 0 Å². The van der Waals surface area contributed by atoms with E-state index in [2.05, 4.69) is 19.7 Å². The van der Waals surface area contributed by atoms with Crippen LogP contribution in [0.5, 0.6) is 0 Å². The maximum Gasteiger partial charge on any atom is 0.217 e. The van der Waals surface area contributed by atoms with E-state index in [0.717, 1.165) is 0 Å². The molecule has 4 nitrogen and oxygen atoms in total. The summed E-state index contributed by atoms with van der Waals surface area (Å²) >= 11 is 0. The molecule has 0 aromatic heterocycles. The van der Waals surface area contributed by atoms with Crippen LogP contribution in [0.1, 0.15) is 0 Å². The lowest BCUT2D eigenvalue weighted by atomic mass is 11.0. The lowest BCUT2D eigenvalue weighted by Gasteiger charge is -1.98. The van der Waals surface area contributed by atoms with Crippen LogP contribution in [-0.2, 0) is 19.7 Å². The van der Waals surface area contributed by atoms with Crippen molar-refractivity contribution in [2.24, 2.45) is 0 Å². The average Bonchev–Trinajstić information content (AvgIpc) is 2.05. The normalized spacial score (nSPS) is 11.4. The third kappa shape index (κ3) is 2.42. The molecule has 0 aliphatic rings. The summed E-state index contributed by atoms with van der Waals surface area (Å²) in [5.74, 6) is 0. The molecule has 6 heteroatoms. The maximum absolute atomic E-state index is 11.1. The van der Waals surface area contributed by atoms with Crippen molar-refractivity contribution in [3.8, 4) is 0 Å². The molecule has 0 amide bonds. The van der Waals surface area contributed by atoms with Gasteiger partial charge < -0.3 is 0 Å². The molecule has 0 radical (unpaired) electrons. The van der Waals surface area contributed by atoms with Gasteiger partial charge in [-0.05, 0) is 0 Å². The molecule has 72 valence electrons.